The van der Waals surface area contributed by atoms with E-state index in [0.29, 0.717) is 10.6 Å². The molecule has 3 rings (SSSR count). The minimum atomic E-state index is -2.69. The number of rotatable bonds is 4. The van der Waals surface area contributed by atoms with Crippen LogP contribution in [0.4, 0.5) is 18.9 Å². The summed E-state index contributed by atoms with van der Waals surface area (Å²) in [4.78, 5) is 25.6. The summed E-state index contributed by atoms with van der Waals surface area (Å²) in [5, 5.41) is 1.46. The number of hydrazine groups is 2. The molecule has 0 bridgehead atoms. The van der Waals surface area contributed by atoms with Crippen molar-refractivity contribution in [1.29, 1.82) is 0 Å². The van der Waals surface area contributed by atoms with E-state index in [1.807, 2.05) is 0 Å². The number of nitrogens with two attached hydrogens (primary N) is 2. The average Bonchev–Trinajstić information content (AvgIpc) is 2.69. The number of amides is 2. The minimum absolute atomic E-state index is 0.149. The van der Waals surface area contributed by atoms with Gasteiger partial charge in [0, 0.05) is 18.0 Å². The molecule has 0 radical (unpaired) electrons. The fourth-order valence-electron chi connectivity index (χ4n) is 3.38. The third-order valence-electron chi connectivity index (χ3n) is 4.84. The number of carbonyl (C=O) groups is 2. The summed E-state index contributed by atoms with van der Waals surface area (Å²) in [6, 6.07) is 10.9. The van der Waals surface area contributed by atoms with Crippen LogP contribution < -0.4 is 16.7 Å². The van der Waals surface area contributed by atoms with Crippen molar-refractivity contribution in [2.75, 3.05) is 11.6 Å². The molecule has 4 N–H and O–H groups in total. The Kier molecular flexibility index (Phi) is 5.66. The van der Waals surface area contributed by atoms with Gasteiger partial charge in [0.05, 0.1) is 5.69 Å². The van der Waals surface area contributed by atoms with Crippen molar-refractivity contribution in [2.45, 2.75) is 18.8 Å². The zero-order chi connectivity index (χ0) is 20.4. The van der Waals surface area contributed by atoms with Gasteiger partial charge in [0.25, 0.3) is 12.3 Å². The Bertz CT molecular complexity index is 893. The molecule has 2 aromatic carbocycles. The Hall–Kier alpha value is -2.91. The highest BCUT2D eigenvalue weighted by atomic mass is 19.3. The highest BCUT2D eigenvalue weighted by Gasteiger charge is 2.43. The number of alkyl halides is 2. The summed E-state index contributed by atoms with van der Waals surface area (Å²) in [7, 11) is 0. The number of benzene rings is 2. The van der Waals surface area contributed by atoms with Crippen molar-refractivity contribution in [2.24, 2.45) is 17.6 Å². The Morgan fingerprint density at radius 1 is 1.18 bits per heavy atom. The van der Waals surface area contributed by atoms with Crippen molar-refractivity contribution in [3.63, 3.8) is 0 Å². The van der Waals surface area contributed by atoms with E-state index < -0.39 is 35.9 Å². The van der Waals surface area contributed by atoms with Crippen LogP contribution in [0.5, 0.6) is 0 Å². The molecule has 1 heterocycles. The molecule has 0 aliphatic carbocycles. The van der Waals surface area contributed by atoms with Crippen molar-refractivity contribution in [1.82, 2.24) is 5.01 Å². The number of piperidine rings is 1. The molecule has 0 spiro atoms. The molecule has 2 aromatic rings. The number of nitrogens with zero attached hydrogens (tertiary/aromatic N) is 2. The van der Waals surface area contributed by atoms with E-state index >= 15 is 0 Å². The molecule has 0 saturated carbocycles. The highest BCUT2D eigenvalue weighted by Crippen LogP contribution is 2.36. The molecule has 1 aliphatic heterocycles. The molecule has 0 aromatic heterocycles. The lowest BCUT2D eigenvalue weighted by molar-refractivity contribution is -0.145. The van der Waals surface area contributed by atoms with Crippen LogP contribution in [0.15, 0.2) is 48.5 Å². The van der Waals surface area contributed by atoms with Crippen LogP contribution in [0.1, 0.15) is 29.9 Å². The number of hydrogen-bond donors (Lipinski definition) is 2. The van der Waals surface area contributed by atoms with E-state index in [0.717, 1.165) is 11.1 Å². The maximum atomic E-state index is 14.0. The SMILES string of the molecule is NN1CCC(c2cccc(C(F)F)c2)C(C(=O)N(N)c2ccccc2F)C1=O. The Morgan fingerprint density at radius 2 is 1.89 bits per heavy atom. The van der Waals surface area contributed by atoms with Crippen molar-refractivity contribution in [3.8, 4) is 0 Å². The topological polar surface area (TPSA) is 92.7 Å². The molecule has 1 saturated heterocycles. The predicted molar refractivity (Wildman–Crippen MR) is 96.2 cm³/mol. The van der Waals surface area contributed by atoms with Crippen LogP contribution in [-0.4, -0.2) is 23.4 Å². The number of halogens is 3. The van der Waals surface area contributed by atoms with E-state index in [2.05, 4.69) is 0 Å². The monoisotopic (exact) mass is 392 g/mol. The minimum Gasteiger partial charge on any atom is -0.280 e. The second-order valence-electron chi connectivity index (χ2n) is 6.53. The van der Waals surface area contributed by atoms with Gasteiger partial charge < -0.3 is 0 Å². The smallest absolute Gasteiger partial charge is 0.263 e. The zero-order valence-corrected chi connectivity index (χ0v) is 14.8. The third-order valence-corrected chi connectivity index (χ3v) is 4.84. The van der Waals surface area contributed by atoms with E-state index in [1.54, 1.807) is 6.07 Å². The molecule has 1 aliphatic rings. The number of carbonyl (C=O) groups excluding carboxylic acids is 2. The van der Waals surface area contributed by atoms with Crippen LogP contribution in [0.2, 0.25) is 0 Å². The Balaban J connectivity index is 1.98. The molecular formula is C19H19F3N4O2. The van der Waals surface area contributed by atoms with Crippen LogP contribution in [0.3, 0.4) is 0 Å². The van der Waals surface area contributed by atoms with E-state index in [1.165, 1.54) is 36.4 Å². The summed E-state index contributed by atoms with van der Waals surface area (Å²) < 4.78 is 40.2. The highest BCUT2D eigenvalue weighted by molar-refractivity contribution is 6.08. The van der Waals surface area contributed by atoms with Gasteiger partial charge in [-0.15, -0.1) is 0 Å². The first-order valence-electron chi connectivity index (χ1n) is 8.58. The van der Waals surface area contributed by atoms with Gasteiger partial charge in [-0.1, -0.05) is 30.3 Å². The van der Waals surface area contributed by atoms with Crippen LogP contribution in [-0.2, 0) is 9.59 Å². The third kappa shape index (κ3) is 3.71. The first-order chi connectivity index (χ1) is 13.3. The molecule has 28 heavy (non-hydrogen) atoms. The number of anilines is 1. The normalized spacial score (nSPS) is 19.8. The summed E-state index contributed by atoms with van der Waals surface area (Å²) in [6.45, 7) is 0.149. The molecule has 148 valence electrons. The molecule has 1 fully saturated rings. The second-order valence-corrected chi connectivity index (χ2v) is 6.53. The fourth-order valence-corrected chi connectivity index (χ4v) is 3.38. The van der Waals surface area contributed by atoms with Gasteiger partial charge in [0.1, 0.15) is 11.7 Å². The number of para-hydroxylation sites is 1. The lowest BCUT2D eigenvalue weighted by atomic mass is 9.79. The zero-order valence-electron chi connectivity index (χ0n) is 14.8. The average molecular weight is 392 g/mol. The van der Waals surface area contributed by atoms with Crippen molar-refractivity contribution >= 4 is 17.5 Å². The summed E-state index contributed by atoms with van der Waals surface area (Å²) in [6.07, 6.45) is -2.42. The van der Waals surface area contributed by atoms with Gasteiger partial charge in [-0.2, -0.15) is 0 Å². The molecule has 6 nitrogen and oxygen atoms in total. The molecule has 2 unspecified atom stereocenters. The van der Waals surface area contributed by atoms with Gasteiger partial charge in [-0.3, -0.25) is 14.6 Å². The molecule has 2 amide bonds. The van der Waals surface area contributed by atoms with Crippen molar-refractivity contribution in [3.05, 3.63) is 65.5 Å². The van der Waals surface area contributed by atoms with Gasteiger partial charge in [0.15, 0.2) is 0 Å². The Morgan fingerprint density at radius 3 is 2.57 bits per heavy atom. The predicted octanol–water partition coefficient (Wildman–Crippen LogP) is 2.48. The van der Waals surface area contributed by atoms with Gasteiger partial charge in [-0.25, -0.2) is 29.9 Å². The van der Waals surface area contributed by atoms with Gasteiger partial charge in [-0.05, 0) is 30.2 Å². The standard InChI is InChI=1S/C19H19F3N4O2/c20-14-6-1-2-7-15(14)26(24)19(28)16-13(8-9-25(23)18(16)27)11-4-3-5-12(10-11)17(21)22/h1-7,10,13,16-17H,8-9,23-24H2. The summed E-state index contributed by atoms with van der Waals surface area (Å²) in [5.74, 6) is 7.12. The van der Waals surface area contributed by atoms with Crippen LogP contribution >= 0.6 is 0 Å². The first kappa shape index (κ1) is 19.8. The maximum Gasteiger partial charge on any atom is 0.263 e. The van der Waals surface area contributed by atoms with Gasteiger partial charge >= 0.3 is 0 Å². The summed E-state index contributed by atoms with van der Waals surface area (Å²) >= 11 is 0. The lowest BCUT2D eigenvalue weighted by Crippen LogP contribution is -2.55. The lowest BCUT2D eigenvalue weighted by Gasteiger charge is -2.36. The molecular weight excluding hydrogens is 373 g/mol. The van der Waals surface area contributed by atoms with Crippen LogP contribution in [0, 0.1) is 11.7 Å². The van der Waals surface area contributed by atoms with Gasteiger partial charge in [0.2, 0.25) is 5.91 Å². The Labute approximate surface area is 159 Å². The molecule has 9 heteroatoms. The number of hydrogen-bond acceptors (Lipinski definition) is 4. The fraction of sp³-hybridized carbons (Fsp3) is 0.263. The second kappa shape index (κ2) is 7.99. The quantitative estimate of drug-likeness (QED) is 0.362. The van der Waals surface area contributed by atoms with Crippen LogP contribution in [0.25, 0.3) is 0 Å². The van der Waals surface area contributed by atoms with E-state index in [4.69, 9.17) is 11.7 Å². The molecule has 2 atom stereocenters. The largest absolute Gasteiger partial charge is 0.280 e. The summed E-state index contributed by atoms with van der Waals surface area (Å²) in [5.41, 5.74) is -0.0147. The maximum absolute atomic E-state index is 14.0. The van der Waals surface area contributed by atoms with Crippen molar-refractivity contribution < 1.29 is 22.8 Å². The van der Waals surface area contributed by atoms with E-state index in [-0.39, 0.29) is 24.2 Å². The first-order valence-corrected chi connectivity index (χ1v) is 8.58. The van der Waals surface area contributed by atoms with E-state index in [9.17, 15) is 22.8 Å².